The molecule has 4 aliphatic rings. The van der Waals surface area contributed by atoms with E-state index in [2.05, 4.69) is 6.92 Å². The highest BCUT2D eigenvalue weighted by molar-refractivity contribution is 6.00. The van der Waals surface area contributed by atoms with Crippen LogP contribution in [0.4, 0.5) is 0 Å². The molecule has 22 heavy (non-hydrogen) atoms. The van der Waals surface area contributed by atoms with Gasteiger partial charge in [0.1, 0.15) is 0 Å². The van der Waals surface area contributed by atoms with Crippen molar-refractivity contribution < 1.29 is 15.3 Å². The van der Waals surface area contributed by atoms with Gasteiger partial charge >= 0.3 is 0 Å². The van der Waals surface area contributed by atoms with Gasteiger partial charge in [-0.05, 0) is 60.0 Å². The van der Waals surface area contributed by atoms with E-state index in [1.807, 2.05) is 12.2 Å². The molecule has 4 unspecified atom stereocenters. The van der Waals surface area contributed by atoms with E-state index in [0.717, 1.165) is 24.8 Å². The van der Waals surface area contributed by atoms with Gasteiger partial charge in [-0.1, -0.05) is 19.1 Å². The smallest absolute Gasteiger partial charge is 0.0855 e. The predicted molar refractivity (Wildman–Crippen MR) is 83.6 cm³/mol. The standard InChI is InChI=1S/C18H25NO3/c1-18-5-4-11-10-3-2-9(20)6-13(10)15(19)7-12(11)14(18)8-16(21)17(18)22/h2-3,9,11-12,14,16-17,19-22H,4-8H2,1H3/t9?,11?,12?,14?,16-,17+,18+/m1/s1. The highest BCUT2D eigenvalue weighted by Crippen LogP contribution is 2.60. The molecule has 2 saturated carbocycles. The van der Waals surface area contributed by atoms with E-state index in [4.69, 9.17) is 5.41 Å². The summed E-state index contributed by atoms with van der Waals surface area (Å²) >= 11 is 0. The van der Waals surface area contributed by atoms with Crippen molar-refractivity contribution in [2.24, 2.45) is 23.2 Å². The van der Waals surface area contributed by atoms with Gasteiger partial charge < -0.3 is 20.7 Å². The fourth-order valence-corrected chi connectivity index (χ4v) is 5.66. The van der Waals surface area contributed by atoms with Crippen LogP contribution in [0.1, 0.15) is 39.0 Å². The molecule has 120 valence electrons. The van der Waals surface area contributed by atoms with Gasteiger partial charge in [0.25, 0.3) is 0 Å². The Balaban J connectivity index is 1.72. The normalized spacial score (nSPS) is 50.6. The molecule has 4 heteroatoms. The Morgan fingerprint density at radius 3 is 2.77 bits per heavy atom. The van der Waals surface area contributed by atoms with Crippen LogP contribution >= 0.6 is 0 Å². The second kappa shape index (κ2) is 4.76. The fraction of sp³-hybridized carbons (Fsp3) is 0.722. The molecule has 7 atom stereocenters. The summed E-state index contributed by atoms with van der Waals surface area (Å²) in [5.41, 5.74) is 2.72. The van der Waals surface area contributed by atoms with Gasteiger partial charge in [-0.2, -0.15) is 0 Å². The van der Waals surface area contributed by atoms with E-state index in [9.17, 15) is 15.3 Å². The van der Waals surface area contributed by atoms with Gasteiger partial charge in [0, 0.05) is 12.1 Å². The lowest BCUT2D eigenvalue weighted by atomic mass is 9.54. The molecule has 0 aromatic rings. The zero-order valence-corrected chi connectivity index (χ0v) is 13.0. The molecule has 0 saturated heterocycles. The number of aliphatic hydroxyl groups excluding tert-OH is 3. The summed E-state index contributed by atoms with van der Waals surface area (Å²) in [6.07, 6.45) is 6.05. The highest BCUT2D eigenvalue weighted by Gasteiger charge is 2.58. The summed E-state index contributed by atoms with van der Waals surface area (Å²) in [5.74, 6) is 1.05. The number of rotatable bonds is 0. The molecule has 0 aromatic heterocycles. The maximum absolute atomic E-state index is 10.4. The lowest BCUT2D eigenvalue weighted by molar-refractivity contribution is -0.0520. The Hall–Kier alpha value is -0.970. The quantitative estimate of drug-likeness (QED) is 0.550. The van der Waals surface area contributed by atoms with Crippen LogP contribution in [0.3, 0.4) is 0 Å². The largest absolute Gasteiger partial charge is 0.390 e. The number of nitrogens with one attached hydrogen (secondary N) is 1. The zero-order chi connectivity index (χ0) is 15.6. The molecule has 0 heterocycles. The van der Waals surface area contributed by atoms with Crippen molar-refractivity contribution in [1.82, 2.24) is 0 Å². The Labute approximate surface area is 131 Å². The van der Waals surface area contributed by atoms with Crippen LogP contribution in [-0.4, -0.2) is 39.3 Å². The second-order valence-electron chi connectivity index (χ2n) is 7.92. The van der Waals surface area contributed by atoms with Gasteiger partial charge in [-0.15, -0.1) is 0 Å². The molecule has 0 bridgehead atoms. The molecule has 4 N–H and O–H groups in total. The predicted octanol–water partition coefficient (Wildman–Crippen LogP) is 1.80. The topological polar surface area (TPSA) is 84.5 Å². The number of allylic oxidation sites excluding steroid dienone is 2. The molecule has 4 aliphatic carbocycles. The van der Waals surface area contributed by atoms with Gasteiger partial charge in [-0.3, -0.25) is 0 Å². The van der Waals surface area contributed by atoms with E-state index in [1.165, 1.54) is 5.57 Å². The van der Waals surface area contributed by atoms with E-state index >= 15 is 0 Å². The molecular weight excluding hydrogens is 278 g/mol. The van der Waals surface area contributed by atoms with Crippen LogP contribution in [-0.2, 0) is 0 Å². The van der Waals surface area contributed by atoms with Gasteiger partial charge in [0.2, 0.25) is 0 Å². The van der Waals surface area contributed by atoms with Crippen LogP contribution in [0.15, 0.2) is 23.3 Å². The summed E-state index contributed by atoms with van der Waals surface area (Å²) in [4.78, 5) is 0. The van der Waals surface area contributed by atoms with Crippen LogP contribution in [0.2, 0.25) is 0 Å². The third-order valence-corrected chi connectivity index (χ3v) is 6.87. The Kier molecular flexibility index (Phi) is 3.16. The lowest BCUT2D eigenvalue weighted by Gasteiger charge is -2.50. The first-order valence-electron chi connectivity index (χ1n) is 8.45. The maximum Gasteiger partial charge on any atom is 0.0855 e. The van der Waals surface area contributed by atoms with Gasteiger partial charge in [0.05, 0.1) is 18.3 Å². The van der Waals surface area contributed by atoms with Crippen molar-refractivity contribution in [3.05, 3.63) is 23.3 Å². The third kappa shape index (κ3) is 1.84. The van der Waals surface area contributed by atoms with Crippen molar-refractivity contribution in [3.8, 4) is 0 Å². The maximum atomic E-state index is 10.4. The van der Waals surface area contributed by atoms with Crippen LogP contribution < -0.4 is 0 Å². The van der Waals surface area contributed by atoms with Crippen LogP contribution in [0, 0.1) is 28.6 Å². The molecule has 4 rings (SSSR count). The van der Waals surface area contributed by atoms with Crippen molar-refractivity contribution in [3.63, 3.8) is 0 Å². The summed E-state index contributed by atoms with van der Waals surface area (Å²) < 4.78 is 0. The molecule has 0 spiro atoms. The van der Waals surface area contributed by atoms with Crippen molar-refractivity contribution in [1.29, 1.82) is 5.41 Å². The van der Waals surface area contributed by atoms with E-state index < -0.39 is 18.3 Å². The van der Waals surface area contributed by atoms with Crippen molar-refractivity contribution in [2.75, 3.05) is 0 Å². The number of hydrogen-bond acceptors (Lipinski definition) is 4. The summed E-state index contributed by atoms with van der Waals surface area (Å²) in [5, 5.41) is 38.8. The first kappa shape index (κ1) is 14.6. The summed E-state index contributed by atoms with van der Waals surface area (Å²) in [7, 11) is 0. The highest BCUT2D eigenvalue weighted by atomic mass is 16.3. The Morgan fingerprint density at radius 2 is 2.00 bits per heavy atom. The summed E-state index contributed by atoms with van der Waals surface area (Å²) in [6.45, 7) is 2.11. The third-order valence-electron chi connectivity index (χ3n) is 6.87. The van der Waals surface area contributed by atoms with E-state index in [0.29, 0.717) is 30.4 Å². The molecule has 0 radical (unpaired) electrons. The zero-order valence-electron chi connectivity index (χ0n) is 13.0. The SMILES string of the molecule is C[C@]12CCC3C4=C(CC(O)C=C4)C(=N)CC3C1C[C@@H](O)[C@@H]2O. The summed E-state index contributed by atoms with van der Waals surface area (Å²) in [6, 6.07) is 0. The number of hydrogen-bond donors (Lipinski definition) is 4. The van der Waals surface area contributed by atoms with Crippen molar-refractivity contribution >= 4 is 5.71 Å². The van der Waals surface area contributed by atoms with E-state index in [-0.39, 0.29) is 11.3 Å². The van der Waals surface area contributed by atoms with Gasteiger partial charge in [0.15, 0.2) is 0 Å². The second-order valence-corrected chi connectivity index (χ2v) is 7.92. The molecular formula is C18H25NO3. The van der Waals surface area contributed by atoms with Crippen molar-refractivity contribution in [2.45, 2.75) is 57.3 Å². The number of aliphatic hydroxyl groups is 3. The molecule has 4 nitrogen and oxygen atoms in total. The minimum absolute atomic E-state index is 0.211. The average molecular weight is 303 g/mol. The van der Waals surface area contributed by atoms with Crippen LogP contribution in [0.25, 0.3) is 0 Å². The first-order valence-corrected chi connectivity index (χ1v) is 8.45. The molecule has 0 amide bonds. The number of fused-ring (bicyclic) bond motifs is 4. The first-order chi connectivity index (χ1) is 10.4. The van der Waals surface area contributed by atoms with Crippen LogP contribution in [0.5, 0.6) is 0 Å². The fourth-order valence-electron chi connectivity index (χ4n) is 5.66. The van der Waals surface area contributed by atoms with E-state index in [1.54, 1.807) is 0 Å². The minimum atomic E-state index is -0.633. The monoisotopic (exact) mass is 303 g/mol. The average Bonchev–Trinajstić information content (AvgIpc) is 2.72. The minimum Gasteiger partial charge on any atom is -0.390 e. The molecule has 2 fully saturated rings. The Morgan fingerprint density at radius 1 is 1.23 bits per heavy atom. The molecule has 0 aliphatic heterocycles. The Bertz CT molecular complexity index is 581. The van der Waals surface area contributed by atoms with Gasteiger partial charge in [-0.25, -0.2) is 0 Å². The molecule has 0 aromatic carbocycles. The lowest BCUT2D eigenvalue weighted by Crippen LogP contribution is -2.47.